The smallest absolute Gasteiger partial charge is 0.416 e. The molecular weight excluding hydrogens is 274 g/mol. The maximum atomic E-state index is 13.0. The minimum absolute atomic E-state index is 0.0188. The predicted octanol–water partition coefficient (Wildman–Crippen LogP) is 4.16. The number of benzene rings is 2. The van der Waals surface area contributed by atoms with Gasteiger partial charge in [0.15, 0.2) is 0 Å². The second-order valence-corrected chi connectivity index (χ2v) is 4.21. The van der Waals surface area contributed by atoms with Crippen molar-refractivity contribution >= 4 is 5.69 Å². The third-order valence-corrected chi connectivity index (χ3v) is 2.71. The summed E-state index contributed by atoms with van der Waals surface area (Å²) in [6.45, 7) is 0.0188. The maximum absolute atomic E-state index is 13.0. The van der Waals surface area contributed by atoms with Crippen LogP contribution in [-0.2, 0) is 12.7 Å². The molecule has 2 N–H and O–H groups in total. The monoisotopic (exact) mass is 285 g/mol. The summed E-state index contributed by atoms with van der Waals surface area (Å²) in [5, 5.41) is 12.2. The van der Waals surface area contributed by atoms with Crippen molar-refractivity contribution in [3.63, 3.8) is 0 Å². The number of phenolic OH excluding ortho intramolecular Hbond substituents is 1. The van der Waals surface area contributed by atoms with E-state index in [0.29, 0.717) is 0 Å². The number of halogens is 4. The lowest BCUT2D eigenvalue weighted by molar-refractivity contribution is -0.137. The van der Waals surface area contributed by atoms with E-state index in [1.54, 1.807) is 0 Å². The van der Waals surface area contributed by atoms with Gasteiger partial charge in [-0.15, -0.1) is 0 Å². The van der Waals surface area contributed by atoms with Gasteiger partial charge in [-0.2, -0.15) is 13.2 Å². The molecule has 6 heteroatoms. The summed E-state index contributed by atoms with van der Waals surface area (Å²) in [6, 6.07) is 8.07. The summed E-state index contributed by atoms with van der Waals surface area (Å²) in [5.74, 6) is -0.644. The maximum Gasteiger partial charge on any atom is 0.416 e. The van der Waals surface area contributed by atoms with Crippen LogP contribution in [0.1, 0.15) is 11.1 Å². The first kappa shape index (κ1) is 14.2. The summed E-state index contributed by atoms with van der Waals surface area (Å²) in [4.78, 5) is 0. The van der Waals surface area contributed by atoms with Gasteiger partial charge < -0.3 is 10.4 Å². The minimum Gasteiger partial charge on any atom is -0.508 e. The fourth-order valence-corrected chi connectivity index (χ4v) is 1.70. The Hall–Kier alpha value is -2.24. The van der Waals surface area contributed by atoms with E-state index in [4.69, 9.17) is 0 Å². The van der Waals surface area contributed by atoms with Gasteiger partial charge in [-0.3, -0.25) is 0 Å². The number of phenols is 1. The van der Waals surface area contributed by atoms with Crippen molar-refractivity contribution in [2.75, 3.05) is 5.32 Å². The van der Waals surface area contributed by atoms with Gasteiger partial charge in [0.1, 0.15) is 11.6 Å². The highest BCUT2D eigenvalue weighted by Crippen LogP contribution is 2.31. The molecule has 2 rings (SSSR count). The van der Waals surface area contributed by atoms with E-state index in [2.05, 4.69) is 5.32 Å². The molecule has 0 saturated carbocycles. The molecule has 0 bridgehead atoms. The standard InChI is InChI=1S/C14H11F4NO/c15-11-4-5-13(20)9(6-11)8-19-12-3-1-2-10(7-12)14(16,17)18/h1-7,19-20H,8H2. The van der Waals surface area contributed by atoms with Crippen molar-refractivity contribution < 1.29 is 22.7 Å². The minimum atomic E-state index is -4.42. The fourth-order valence-electron chi connectivity index (χ4n) is 1.70. The number of rotatable bonds is 3. The van der Waals surface area contributed by atoms with E-state index in [1.165, 1.54) is 18.2 Å². The Morgan fingerprint density at radius 1 is 1.05 bits per heavy atom. The zero-order valence-electron chi connectivity index (χ0n) is 10.2. The first-order valence-electron chi connectivity index (χ1n) is 5.75. The van der Waals surface area contributed by atoms with Crippen molar-refractivity contribution in [2.45, 2.75) is 12.7 Å². The van der Waals surface area contributed by atoms with Crippen LogP contribution in [0.3, 0.4) is 0 Å². The molecule has 0 atom stereocenters. The van der Waals surface area contributed by atoms with E-state index in [1.807, 2.05) is 0 Å². The van der Waals surface area contributed by atoms with Crippen LogP contribution in [0.15, 0.2) is 42.5 Å². The van der Waals surface area contributed by atoms with Gasteiger partial charge in [0, 0.05) is 17.8 Å². The van der Waals surface area contributed by atoms with Gasteiger partial charge in [0.05, 0.1) is 5.56 Å². The lowest BCUT2D eigenvalue weighted by Crippen LogP contribution is -2.06. The van der Waals surface area contributed by atoms with E-state index in [-0.39, 0.29) is 23.5 Å². The lowest BCUT2D eigenvalue weighted by Gasteiger charge is -2.11. The molecule has 0 amide bonds. The molecule has 2 aromatic rings. The highest BCUT2D eigenvalue weighted by Gasteiger charge is 2.30. The predicted molar refractivity (Wildman–Crippen MR) is 66.8 cm³/mol. The lowest BCUT2D eigenvalue weighted by atomic mass is 10.1. The van der Waals surface area contributed by atoms with Gasteiger partial charge in [-0.05, 0) is 36.4 Å². The molecule has 2 nitrogen and oxygen atoms in total. The zero-order valence-corrected chi connectivity index (χ0v) is 10.2. The molecule has 0 heterocycles. The number of aromatic hydroxyl groups is 1. The average Bonchev–Trinajstić information content (AvgIpc) is 2.39. The Balaban J connectivity index is 2.13. The van der Waals surface area contributed by atoms with Crippen molar-refractivity contribution in [1.82, 2.24) is 0 Å². The van der Waals surface area contributed by atoms with E-state index in [9.17, 15) is 22.7 Å². The first-order chi connectivity index (χ1) is 9.36. The van der Waals surface area contributed by atoms with Gasteiger partial charge in [-0.25, -0.2) is 4.39 Å². The van der Waals surface area contributed by atoms with Crippen LogP contribution in [0.4, 0.5) is 23.2 Å². The van der Waals surface area contributed by atoms with Crippen LogP contribution in [0.25, 0.3) is 0 Å². The van der Waals surface area contributed by atoms with Crippen LogP contribution < -0.4 is 5.32 Å². The van der Waals surface area contributed by atoms with Crippen molar-refractivity contribution in [2.24, 2.45) is 0 Å². The molecule has 0 radical (unpaired) electrons. The second-order valence-electron chi connectivity index (χ2n) is 4.21. The van der Waals surface area contributed by atoms with Crippen LogP contribution in [0.2, 0.25) is 0 Å². The SMILES string of the molecule is Oc1ccc(F)cc1CNc1cccc(C(F)(F)F)c1. The van der Waals surface area contributed by atoms with Gasteiger partial charge in [0.2, 0.25) is 0 Å². The quantitative estimate of drug-likeness (QED) is 0.830. The van der Waals surface area contributed by atoms with Crippen LogP contribution >= 0.6 is 0 Å². The first-order valence-corrected chi connectivity index (χ1v) is 5.75. The molecule has 0 spiro atoms. The summed E-state index contributed by atoms with van der Waals surface area (Å²) in [7, 11) is 0. The third-order valence-electron chi connectivity index (χ3n) is 2.71. The molecule has 2 aromatic carbocycles. The van der Waals surface area contributed by atoms with Gasteiger partial charge in [0.25, 0.3) is 0 Å². The summed E-state index contributed by atoms with van der Waals surface area (Å²) < 4.78 is 50.6. The molecule has 20 heavy (non-hydrogen) atoms. The Kier molecular flexibility index (Phi) is 3.83. The Labute approximate surface area is 112 Å². The molecule has 0 aliphatic rings. The fraction of sp³-hybridized carbons (Fsp3) is 0.143. The summed E-state index contributed by atoms with van der Waals surface area (Å²) in [5.41, 5.74) is -0.267. The number of hydrogen-bond donors (Lipinski definition) is 2. The van der Waals surface area contributed by atoms with Crippen molar-refractivity contribution in [3.8, 4) is 5.75 Å². The average molecular weight is 285 g/mol. The highest BCUT2D eigenvalue weighted by atomic mass is 19.4. The van der Waals surface area contributed by atoms with Crippen molar-refractivity contribution in [1.29, 1.82) is 0 Å². The topological polar surface area (TPSA) is 32.3 Å². The number of anilines is 1. The summed E-state index contributed by atoms with van der Waals surface area (Å²) in [6.07, 6.45) is -4.42. The normalized spacial score (nSPS) is 11.4. The Morgan fingerprint density at radius 2 is 1.80 bits per heavy atom. The summed E-state index contributed by atoms with van der Waals surface area (Å²) >= 11 is 0. The molecule has 0 saturated heterocycles. The molecule has 0 aliphatic carbocycles. The molecule has 106 valence electrons. The number of nitrogens with one attached hydrogen (secondary N) is 1. The van der Waals surface area contributed by atoms with Gasteiger partial charge in [-0.1, -0.05) is 6.07 Å². The molecule has 0 unspecified atom stereocenters. The Morgan fingerprint density at radius 3 is 2.50 bits per heavy atom. The third kappa shape index (κ3) is 3.40. The van der Waals surface area contributed by atoms with E-state index < -0.39 is 17.6 Å². The van der Waals surface area contributed by atoms with Gasteiger partial charge >= 0.3 is 6.18 Å². The molecular formula is C14H11F4NO. The molecule has 0 fully saturated rings. The van der Waals surface area contributed by atoms with E-state index in [0.717, 1.165) is 24.3 Å². The van der Waals surface area contributed by atoms with E-state index >= 15 is 0 Å². The number of hydrogen-bond acceptors (Lipinski definition) is 2. The largest absolute Gasteiger partial charge is 0.508 e. The second kappa shape index (κ2) is 5.40. The highest BCUT2D eigenvalue weighted by molar-refractivity contribution is 5.48. The zero-order chi connectivity index (χ0) is 14.8. The van der Waals surface area contributed by atoms with Crippen LogP contribution in [0.5, 0.6) is 5.75 Å². The van der Waals surface area contributed by atoms with Crippen LogP contribution in [0, 0.1) is 5.82 Å². The molecule has 0 aromatic heterocycles. The molecule has 0 aliphatic heterocycles. The number of alkyl halides is 3. The van der Waals surface area contributed by atoms with Crippen molar-refractivity contribution in [3.05, 3.63) is 59.4 Å². The Bertz CT molecular complexity index is 610. The van der Waals surface area contributed by atoms with Crippen LogP contribution in [-0.4, -0.2) is 5.11 Å².